The van der Waals surface area contributed by atoms with E-state index in [2.05, 4.69) is 33.6 Å². The number of amides is 3. The number of H-pyrrole nitrogens is 1. The summed E-state index contributed by atoms with van der Waals surface area (Å²) < 4.78 is 0. The number of aliphatic hydroxyl groups excluding tert-OH is 1. The average molecular weight is 494 g/mol. The summed E-state index contributed by atoms with van der Waals surface area (Å²) in [6.45, 7) is 2.54. The van der Waals surface area contributed by atoms with Gasteiger partial charge in [0.2, 0.25) is 17.7 Å². The molecule has 2 aromatic rings. The van der Waals surface area contributed by atoms with E-state index in [1.807, 2.05) is 24.3 Å². The van der Waals surface area contributed by atoms with E-state index in [0.717, 1.165) is 16.5 Å². The molecule has 8 N–H and O–H groups in total. The van der Waals surface area contributed by atoms with Gasteiger partial charge in [0.15, 0.2) is 0 Å². The number of carbonyl (C=O) groups excluding carboxylic acids is 3. The number of hydrogen-bond donors (Lipinski definition) is 8. The number of carbonyl (C=O) groups is 4. The number of benzene rings is 1. The number of carboxylic acid groups (broad SMARTS) is 1. The van der Waals surface area contributed by atoms with E-state index in [4.69, 9.17) is 10.8 Å². The number of aromatic nitrogens is 1. The zero-order valence-electron chi connectivity index (χ0n) is 18.9. The van der Waals surface area contributed by atoms with Gasteiger partial charge in [0, 0.05) is 29.3 Å². The first-order chi connectivity index (χ1) is 16.1. The molecule has 12 heteroatoms. The molecule has 0 aliphatic heterocycles. The van der Waals surface area contributed by atoms with Crippen molar-refractivity contribution in [2.75, 3.05) is 12.4 Å². The second-order valence-electron chi connectivity index (χ2n) is 8.23. The molecule has 4 atom stereocenters. The highest BCUT2D eigenvalue weighted by Crippen LogP contribution is 2.19. The summed E-state index contributed by atoms with van der Waals surface area (Å²) >= 11 is 4.02. The highest BCUT2D eigenvalue weighted by atomic mass is 32.1. The van der Waals surface area contributed by atoms with Crippen LogP contribution in [0.25, 0.3) is 10.9 Å². The van der Waals surface area contributed by atoms with Gasteiger partial charge in [-0.2, -0.15) is 12.6 Å². The van der Waals surface area contributed by atoms with Crippen LogP contribution in [0, 0.1) is 5.92 Å². The number of carboxylic acids is 1. The maximum Gasteiger partial charge on any atom is 0.328 e. The lowest BCUT2D eigenvalue weighted by atomic mass is 10.00. The Morgan fingerprint density at radius 3 is 2.26 bits per heavy atom. The lowest BCUT2D eigenvalue weighted by Gasteiger charge is -2.26. The molecule has 1 aromatic carbocycles. The molecule has 0 aliphatic carbocycles. The van der Waals surface area contributed by atoms with E-state index in [-0.39, 0.29) is 12.2 Å². The fourth-order valence-electron chi connectivity index (χ4n) is 3.33. The smallest absolute Gasteiger partial charge is 0.328 e. The fourth-order valence-corrected chi connectivity index (χ4v) is 3.49. The topological polar surface area (TPSA) is 187 Å². The molecule has 0 radical (unpaired) electrons. The van der Waals surface area contributed by atoms with Gasteiger partial charge in [0.05, 0.1) is 12.6 Å². The van der Waals surface area contributed by atoms with Gasteiger partial charge in [-0.05, 0) is 17.5 Å². The van der Waals surface area contributed by atoms with Crippen LogP contribution in [0.3, 0.4) is 0 Å². The van der Waals surface area contributed by atoms with Crippen LogP contribution in [0.15, 0.2) is 30.5 Å². The molecule has 34 heavy (non-hydrogen) atoms. The largest absolute Gasteiger partial charge is 0.480 e. The van der Waals surface area contributed by atoms with Crippen molar-refractivity contribution in [2.24, 2.45) is 11.7 Å². The number of rotatable bonds is 12. The Balaban J connectivity index is 2.26. The first-order valence-electron chi connectivity index (χ1n) is 10.7. The number of nitrogens with one attached hydrogen (secondary N) is 4. The summed E-state index contributed by atoms with van der Waals surface area (Å²) in [5.41, 5.74) is 7.39. The summed E-state index contributed by atoms with van der Waals surface area (Å²) in [6, 6.07) is 2.84. The highest BCUT2D eigenvalue weighted by Gasteiger charge is 2.32. The molecular weight excluding hydrogens is 462 g/mol. The van der Waals surface area contributed by atoms with Gasteiger partial charge in [-0.25, -0.2) is 4.79 Å². The maximum atomic E-state index is 13.2. The molecule has 0 aliphatic rings. The van der Waals surface area contributed by atoms with Crippen molar-refractivity contribution < 1.29 is 29.4 Å². The van der Waals surface area contributed by atoms with Gasteiger partial charge in [-0.3, -0.25) is 14.4 Å². The monoisotopic (exact) mass is 493 g/mol. The number of fused-ring (bicyclic) bond motifs is 1. The van der Waals surface area contributed by atoms with E-state index >= 15 is 0 Å². The van der Waals surface area contributed by atoms with E-state index < -0.39 is 60.4 Å². The van der Waals surface area contributed by atoms with Gasteiger partial charge in [-0.1, -0.05) is 32.0 Å². The third-order valence-electron chi connectivity index (χ3n) is 5.31. The second-order valence-corrected chi connectivity index (χ2v) is 8.59. The number of thiol groups is 1. The number of hydrogen-bond acceptors (Lipinski definition) is 7. The molecule has 1 aromatic heterocycles. The SMILES string of the molecule is CC(C)C(NC(=O)C(Cc1c[nH]c2ccccc12)NC(=O)C(N)CS)C(=O)NC(CO)C(=O)O. The normalized spacial score (nSPS) is 14.8. The minimum Gasteiger partial charge on any atom is -0.480 e. The first-order valence-corrected chi connectivity index (χ1v) is 11.4. The van der Waals surface area contributed by atoms with Crippen molar-refractivity contribution >= 4 is 47.2 Å². The summed E-state index contributed by atoms with van der Waals surface area (Å²) in [6.07, 6.45) is 1.85. The number of para-hydroxylation sites is 1. The highest BCUT2D eigenvalue weighted by molar-refractivity contribution is 7.80. The first kappa shape index (κ1) is 27.2. The van der Waals surface area contributed by atoms with E-state index in [1.165, 1.54) is 0 Å². The average Bonchev–Trinajstić information content (AvgIpc) is 3.21. The lowest BCUT2D eigenvalue weighted by molar-refractivity contribution is -0.143. The Bertz CT molecular complexity index is 1030. The van der Waals surface area contributed by atoms with Crippen LogP contribution in [0.2, 0.25) is 0 Å². The van der Waals surface area contributed by atoms with E-state index in [9.17, 15) is 24.3 Å². The summed E-state index contributed by atoms with van der Waals surface area (Å²) in [4.78, 5) is 52.6. The molecule has 0 fully saturated rings. The van der Waals surface area contributed by atoms with Crippen LogP contribution in [0.1, 0.15) is 19.4 Å². The zero-order chi connectivity index (χ0) is 25.4. The Hall–Kier alpha value is -3.09. The molecular formula is C22H31N5O6S. The molecule has 2 rings (SSSR count). The van der Waals surface area contributed by atoms with Crippen molar-refractivity contribution in [1.82, 2.24) is 20.9 Å². The number of aliphatic carboxylic acids is 1. The third-order valence-corrected chi connectivity index (χ3v) is 5.70. The van der Waals surface area contributed by atoms with Gasteiger partial charge in [0.1, 0.15) is 18.1 Å². The summed E-state index contributed by atoms with van der Waals surface area (Å²) in [5.74, 6) is -3.74. The maximum absolute atomic E-state index is 13.2. The predicted molar refractivity (Wildman–Crippen MR) is 129 cm³/mol. The second kappa shape index (κ2) is 12.4. The third kappa shape index (κ3) is 6.95. The van der Waals surface area contributed by atoms with E-state index in [1.54, 1.807) is 20.0 Å². The lowest BCUT2D eigenvalue weighted by Crippen LogP contribution is -2.59. The molecule has 3 amide bonds. The Kier molecular flexibility index (Phi) is 9.90. The van der Waals surface area contributed by atoms with Gasteiger partial charge < -0.3 is 36.9 Å². The van der Waals surface area contributed by atoms with Gasteiger partial charge in [-0.15, -0.1) is 0 Å². The molecule has 0 spiro atoms. The van der Waals surface area contributed by atoms with Crippen molar-refractivity contribution in [3.8, 4) is 0 Å². The molecule has 1 heterocycles. The van der Waals surface area contributed by atoms with E-state index in [0.29, 0.717) is 0 Å². The predicted octanol–water partition coefficient (Wildman–Crippen LogP) is -0.845. The molecule has 0 bridgehead atoms. The standard InChI is InChI=1S/C22H31N5O6S/c1-11(2)18(21(31)26-17(9-28)22(32)33)27-20(30)16(25-19(29)14(23)10-34)7-12-8-24-15-6-4-3-5-13(12)15/h3-6,8,11,14,16-18,24,28,34H,7,9-10,23H2,1-2H3,(H,25,29)(H,26,31)(H,27,30)(H,32,33). The molecule has 11 nitrogen and oxygen atoms in total. The molecule has 4 unspecified atom stereocenters. The van der Waals surface area contributed by atoms with Crippen LogP contribution in [-0.2, 0) is 25.6 Å². The Morgan fingerprint density at radius 2 is 1.68 bits per heavy atom. The number of aliphatic hydroxyl groups is 1. The van der Waals surface area contributed by atoms with Gasteiger partial charge >= 0.3 is 5.97 Å². The van der Waals surface area contributed by atoms with Crippen LogP contribution in [-0.4, -0.2) is 75.4 Å². The van der Waals surface area contributed by atoms with Crippen LogP contribution >= 0.6 is 12.6 Å². The van der Waals surface area contributed by atoms with Crippen molar-refractivity contribution in [2.45, 2.75) is 44.4 Å². The minimum atomic E-state index is -1.51. The molecule has 0 saturated heterocycles. The fraction of sp³-hybridized carbons (Fsp3) is 0.455. The molecule has 0 saturated carbocycles. The van der Waals surface area contributed by atoms with Crippen molar-refractivity contribution in [1.29, 1.82) is 0 Å². The zero-order valence-corrected chi connectivity index (χ0v) is 19.8. The van der Waals surface area contributed by atoms with Crippen LogP contribution in [0.4, 0.5) is 0 Å². The van der Waals surface area contributed by atoms with Crippen molar-refractivity contribution in [3.05, 3.63) is 36.0 Å². The quantitative estimate of drug-likeness (QED) is 0.177. The Morgan fingerprint density at radius 1 is 1.03 bits per heavy atom. The summed E-state index contributed by atoms with van der Waals surface area (Å²) in [7, 11) is 0. The van der Waals surface area contributed by atoms with Crippen LogP contribution in [0.5, 0.6) is 0 Å². The Labute approximate surface area is 202 Å². The summed E-state index contributed by atoms with van der Waals surface area (Å²) in [5, 5.41) is 26.6. The minimum absolute atomic E-state index is 0.0714. The number of nitrogens with two attached hydrogens (primary N) is 1. The number of aromatic amines is 1. The van der Waals surface area contributed by atoms with Gasteiger partial charge in [0.25, 0.3) is 0 Å². The van der Waals surface area contributed by atoms with Crippen LogP contribution < -0.4 is 21.7 Å². The molecule has 186 valence electrons. The van der Waals surface area contributed by atoms with Crippen molar-refractivity contribution in [3.63, 3.8) is 0 Å².